The van der Waals surface area contributed by atoms with Gasteiger partial charge in [0.05, 0.1) is 29.0 Å². The molecule has 1 aromatic heterocycles. The maximum atomic E-state index is 10.7. The van der Waals surface area contributed by atoms with E-state index in [1.165, 1.54) is 37.6 Å². The van der Waals surface area contributed by atoms with E-state index >= 15 is 0 Å². The van der Waals surface area contributed by atoms with Crippen LogP contribution in [0.1, 0.15) is 5.69 Å². The summed E-state index contributed by atoms with van der Waals surface area (Å²) < 4.78 is 10.3. The molecule has 0 bridgehead atoms. The van der Waals surface area contributed by atoms with Crippen LogP contribution >= 0.6 is 11.6 Å². The molecule has 0 saturated carbocycles. The lowest BCUT2D eigenvalue weighted by atomic mass is 10.2. The number of methoxy groups -OCH3 is 1. The van der Waals surface area contributed by atoms with E-state index in [1.54, 1.807) is 18.2 Å². The molecule has 0 aliphatic heterocycles. The Hall–Kier alpha value is -3.39. The first kappa shape index (κ1) is 17.4. The zero-order valence-electron chi connectivity index (χ0n) is 13.4. The van der Waals surface area contributed by atoms with Crippen LogP contribution in [0.15, 0.2) is 51.9 Å². The summed E-state index contributed by atoms with van der Waals surface area (Å²) in [6.45, 7) is 0. The molecule has 0 spiro atoms. The Balaban J connectivity index is 1.84. The van der Waals surface area contributed by atoms with Gasteiger partial charge in [-0.15, -0.1) is 0 Å². The molecule has 3 rings (SSSR count). The number of benzene rings is 2. The summed E-state index contributed by atoms with van der Waals surface area (Å²) in [6.07, 6.45) is 1.33. The van der Waals surface area contributed by atoms with Crippen molar-refractivity contribution in [3.05, 3.63) is 63.3 Å². The molecular formula is C17H12ClN3O5. The van der Waals surface area contributed by atoms with Gasteiger partial charge in [-0.1, -0.05) is 11.6 Å². The number of hydrogen-bond acceptors (Lipinski definition) is 7. The molecule has 2 aromatic carbocycles. The minimum atomic E-state index is -0.505. The minimum absolute atomic E-state index is 0.0531. The topological polar surface area (TPSA) is 111 Å². The second-order valence-corrected chi connectivity index (χ2v) is 5.50. The van der Waals surface area contributed by atoms with Gasteiger partial charge in [-0.05, 0) is 30.3 Å². The largest absolute Gasteiger partial charge is 0.495 e. The van der Waals surface area contributed by atoms with E-state index in [-0.39, 0.29) is 17.3 Å². The summed E-state index contributed by atoms with van der Waals surface area (Å²) in [5, 5.41) is 21.0. The summed E-state index contributed by atoms with van der Waals surface area (Å²) in [6, 6.07) is 10.6. The number of nitro groups is 1. The van der Waals surface area contributed by atoms with Crippen molar-refractivity contribution in [1.82, 2.24) is 4.98 Å². The van der Waals surface area contributed by atoms with Crippen molar-refractivity contribution in [1.29, 1.82) is 0 Å². The van der Waals surface area contributed by atoms with Crippen LogP contribution in [0, 0.1) is 10.1 Å². The molecule has 0 saturated heterocycles. The van der Waals surface area contributed by atoms with E-state index in [4.69, 9.17) is 20.8 Å². The number of non-ortho nitro benzene ring substituents is 1. The third-order valence-electron chi connectivity index (χ3n) is 3.43. The van der Waals surface area contributed by atoms with Gasteiger partial charge in [0.1, 0.15) is 5.75 Å². The van der Waals surface area contributed by atoms with Crippen molar-refractivity contribution in [3.63, 3.8) is 0 Å². The van der Waals surface area contributed by atoms with Gasteiger partial charge in [0, 0.05) is 17.7 Å². The average molecular weight is 374 g/mol. The standard InChI is InChI=1S/C17H12ClN3O5/c1-25-15-7-4-11(8-13(15)18)19-9-14-17(22)26-16(20-14)10-2-5-12(6-3-10)21(23)24/h2-9,22H,1H3. The molecule has 0 unspecified atom stereocenters. The zero-order chi connectivity index (χ0) is 18.7. The van der Waals surface area contributed by atoms with Crippen LogP contribution in [0.25, 0.3) is 11.5 Å². The van der Waals surface area contributed by atoms with Crippen LogP contribution in [0.5, 0.6) is 11.7 Å². The van der Waals surface area contributed by atoms with Gasteiger partial charge in [-0.3, -0.25) is 15.1 Å². The molecule has 0 atom stereocenters. The number of ether oxygens (including phenoxy) is 1. The van der Waals surface area contributed by atoms with E-state index in [0.717, 1.165) is 0 Å². The summed E-state index contributed by atoms with van der Waals surface area (Å²) in [7, 11) is 1.51. The molecule has 3 aromatic rings. The maximum absolute atomic E-state index is 10.7. The van der Waals surface area contributed by atoms with Crippen molar-refractivity contribution in [2.75, 3.05) is 7.11 Å². The Morgan fingerprint density at radius 2 is 2.04 bits per heavy atom. The molecular weight excluding hydrogens is 362 g/mol. The summed E-state index contributed by atoms with van der Waals surface area (Å²) in [5.41, 5.74) is 1.08. The molecule has 0 amide bonds. The molecule has 0 fully saturated rings. The number of aromatic hydroxyl groups is 1. The highest BCUT2D eigenvalue weighted by molar-refractivity contribution is 6.32. The van der Waals surface area contributed by atoms with Crippen molar-refractivity contribution < 1.29 is 19.2 Å². The second kappa shape index (κ2) is 7.24. The molecule has 0 radical (unpaired) electrons. The van der Waals surface area contributed by atoms with E-state index in [0.29, 0.717) is 22.0 Å². The highest BCUT2D eigenvalue weighted by Crippen LogP contribution is 2.30. The number of nitrogens with zero attached hydrogens (tertiary/aromatic N) is 3. The lowest BCUT2D eigenvalue weighted by molar-refractivity contribution is -0.384. The first-order valence-electron chi connectivity index (χ1n) is 7.30. The third-order valence-corrected chi connectivity index (χ3v) is 3.73. The molecule has 0 aliphatic carbocycles. The van der Waals surface area contributed by atoms with Crippen LogP contribution in [0.4, 0.5) is 11.4 Å². The summed E-state index contributed by atoms with van der Waals surface area (Å²) in [4.78, 5) is 18.5. The fraction of sp³-hybridized carbons (Fsp3) is 0.0588. The first-order chi connectivity index (χ1) is 12.5. The van der Waals surface area contributed by atoms with Crippen molar-refractivity contribution in [2.45, 2.75) is 0 Å². The quantitative estimate of drug-likeness (QED) is 0.404. The zero-order valence-corrected chi connectivity index (χ0v) is 14.2. The van der Waals surface area contributed by atoms with E-state index in [1.807, 2.05) is 0 Å². The first-order valence-corrected chi connectivity index (χ1v) is 7.68. The molecule has 132 valence electrons. The second-order valence-electron chi connectivity index (χ2n) is 5.09. The Labute approximate surface area is 152 Å². The third kappa shape index (κ3) is 3.65. The Morgan fingerprint density at radius 3 is 2.65 bits per heavy atom. The van der Waals surface area contributed by atoms with E-state index in [2.05, 4.69) is 9.98 Å². The molecule has 8 nitrogen and oxygen atoms in total. The van der Waals surface area contributed by atoms with Crippen LogP contribution in [-0.4, -0.2) is 28.3 Å². The lowest BCUT2D eigenvalue weighted by Gasteiger charge is -2.02. The number of aliphatic imine (C=N–C) groups is 1. The van der Waals surface area contributed by atoms with Crippen LogP contribution in [-0.2, 0) is 0 Å². The van der Waals surface area contributed by atoms with Crippen LogP contribution in [0.2, 0.25) is 5.02 Å². The molecule has 0 aliphatic rings. The van der Waals surface area contributed by atoms with Crippen molar-refractivity contribution >= 4 is 29.2 Å². The number of nitro benzene ring substituents is 1. The summed E-state index contributed by atoms with van der Waals surface area (Å²) >= 11 is 6.03. The fourth-order valence-corrected chi connectivity index (χ4v) is 2.38. The van der Waals surface area contributed by atoms with E-state index < -0.39 is 10.9 Å². The number of hydrogen-bond donors (Lipinski definition) is 1. The maximum Gasteiger partial charge on any atom is 0.312 e. The Bertz CT molecular complexity index is 983. The van der Waals surface area contributed by atoms with Gasteiger partial charge in [-0.25, -0.2) is 4.98 Å². The highest BCUT2D eigenvalue weighted by Gasteiger charge is 2.14. The molecule has 1 heterocycles. The molecule has 1 N–H and O–H groups in total. The average Bonchev–Trinajstić information content (AvgIpc) is 3.01. The SMILES string of the molecule is COc1ccc(N=Cc2nc(-c3ccc([N+](=O)[O-])cc3)oc2O)cc1Cl. The van der Waals surface area contributed by atoms with Gasteiger partial charge >= 0.3 is 5.95 Å². The molecule has 26 heavy (non-hydrogen) atoms. The monoisotopic (exact) mass is 373 g/mol. The van der Waals surface area contributed by atoms with Gasteiger partial charge in [0.15, 0.2) is 5.69 Å². The fourth-order valence-electron chi connectivity index (χ4n) is 2.13. The minimum Gasteiger partial charge on any atom is -0.495 e. The van der Waals surface area contributed by atoms with E-state index in [9.17, 15) is 15.2 Å². The number of aromatic nitrogens is 1. The number of rotatable bonds is 5. The number of halogens is 1. The Morgan fingerprint density at radius 1 is 1.31 bits per heavy atom. The highest BCUT2D eigenvalue weighted by atomic mass is 35.5. The predicted molar refractivity (Wildman–Crippen MR) is 95.5 cm³/mol. The van der Waals surface area contributed by atoms with Gasteiger partial charge in [-0.2, -0.15) is 0 Å². The number of oxazole rings is 1. The van der Waals surface area contributed by atoms with Crippen molar-refractivity contribution in [2.24, 2.45) is 4.99 Å². The smallest absolute Gasteiger partial charge is 0.312 e. The van der Waals surface area contributed by atoms with Gasteiger partial charge in [0.25, 0.3) is 5.69 Å². The van der Waals surface area contributed by atoms with Gasteiger partial charge in [0.2, 0.25) is 5.89 Å². The Kier molecular flexibility index (Phi) is 4.85. The molecule has 9 heteroatoms. The van der Waals surface area contributed by atoms with Crippen LogP contribution in [0.3, 0.4) is 0 Å². The van der Waals surface area contributed by atoms with Gasteiger partial charge < -0.3 is 14.3 Å². The normalized spacial score (nSPS) is 11.0. The van der Waals surface area contributed by atoms with Crippen molar-refractivity contribution in [3.8, 4) is 23.1 Å². The summed E-state index contributed by atoms with van der Waals surface area (Å²) in [5.74, 6) is 0.226. The predicted octanol–water partition coefficient (Wildman–Crippen LogP) is 4.37. The van der Waals surface area contributed by atoms with Crippen LogP contribution < -0.4 is 4.74 Å². The lowest BCUT2D eigenvalue weighted by Crippen LogP contribution is -1.87.